The molecule has 1 saturated carbocycles. The van der Waals surface area contributed by atoms with Crippen LogP contribution in [0.3, 0.4) is 0 Å². The molecule has 0 spiro atoms. The van der Waals surface area contributed by atoms with Crippen molar-refractivity contribution in [2.75, 3.05) is 33.5 Å². The standard InChI is InChI=1S/C13H24F3NO2/c1-18-8-9-19-7-3-6-17-12-5-2-4-11(10-12)13(14,15)16/h11-12,17H,2-10H2,1H3. The molecule has 0 aromatic carbocycles. The molecule has 0 aromatic heterocycles. The van der Waals surface area contributed by atoms with Crippen molar-refractivity contribution in [1.82, 2.24) is 5.32 Å². The highest BCUT2D eigenvalue weighted by Gasteiger charge is 2.41. The largest absolute Gasteiger partial charge is 0.391 e. The Balaban J connectivity index is 2.06. The van der Waals surface area contributed by atoms with Crippen molar-refractivity contribution in [1.29, 1.82) is 0 Å². The van der Waals surface area contributed by atoms with Gasteiger partial charge in [-0.25, -0.2) is 0 Å². The van der Waals surface area contributed by atoms with Crippen molar-refractivity contribution in [3.63, 3.8) is 0 Å². The summed E-state index contributed by atoms with van der Waals surface area (Å²) in [6.07, 6.45) is -1.22. The molecule has 0 saturated heterocycles. The number of nitrogens with one attached hydrogen (secondary N) is 1. The van der Waals surface area contributed by atoms with Crippen LogP contribution < -0.4 is 5.32 Å². The van der Waals surface area contributed by atoms with Gasteiger partial charge in [-0.1, -0.05) is 6.42 Å². The highest BCUT2D eigenvalue weighted by Crippen LogP contribution is 2.37. The van der Waals surface area contributed by atoms with E-state index in [1.807, 2.05) is 0 Å². The lowest BCUT2D eigenvalue weighted by molar-refractivity contribution is -0.183. The molecule has 0 aliphatic heterocycles. The molecule has 1 rings (SSSR count). The molecule has 6 heteroatoms. The third-order valence-electron chi connectivity index (χ3n) is 3.47. The van der Waals surface area contributed by atoms with Crippen LogP contribution in [0.25, 0.3) is 0 Å². The maximum atomic E-state index is 12.6. The normalized spacial score (nSPS) is 24.6. The summed E-state index contributed by atoms with van der Waals surface area (Å²) in [6, 6.07) is -0.000602. The summed E-state index contributed by atoms with van der Waals surface area (Å²) < 4.78 is 48.0. The molecule has 114 valence electrons. The minimum atomic E-state index is -4.04. The smallest absolute Gasteiger partial charge is 0.382 e. The van der Waals surface area contributed by atoms with Gasteiger partial charge in [0.15, 0.2) is 0 Å². The van der Waals surface area contributed by atoms with Gasteiger partial charge in [-0.2, -0.15) is 13.2 Å². The number of ether oxygens (including phenoxy) is 2. The van der Waals surface area contributed by atoms with Crippen molar-refractivity contribution in [2.45, 2.75) is 44.3 Å². The second-order valence-electron chi connectivity index (χ2n) is 5.01. The van der Waals surface area contributed by atoms with Crippen LogP contribution >= 0.6 is 0 Å². The summed E-state index contributed by atoms with van der Waals surface area (Å²) in [5, 5.41) is 3.20. The Labute approximate surface area is 112 Å². The molecule has 19 heavy (non-hydrogen) atoms. The summed E-state index contributed by atoms with van der Waals surface area (Å²) in [5.41, 5.74) is 0. The summed E-state index contributed by atoms with van der Waals surface area (Å²) in [5.74, 6) is -1.13. The number of halogens is 3. The molecule has 3 nitrogen and oxygen atoms in total. The van der Waals surface area contributed by atoms with E-state index < -0.39 is 12.1 Å². The lowest BCUT2D eigenvalue weighted by Crippen LogP contribution is -2.39. The molecule has 0 radical (unpaired) electrons. The zero-order valence-corrected chi connectivity index (χ0v) is 11.5. The van der Waals surface area contributed by atoms with Gasteiger partial charge < -0.3 is 14.8 Å². The number of hydrogen-bond donors (Lipinski definition) is 1. The van der Waals surface area contributed by atoms with E-state index in [4.69, 9.17) is 9.47 Å². The first-order chi connectivity index (χ1) is 9.04. The average molecular weight is 283 g/mol. The fourth-order valence-electron chi connectivity index (χ4n) is 2.40. The Kier molecular flexibility index (Phi) is 7.71. The molecular weight excluding hydrogens is 259 g/mol. The average Bonchev–Trinajstić information content (AvgIpc) is 2.37. The monoisotopic (exact) mass is 283 g/mol. The summed E-state index contributed by atoms with van der Waals surface area (Å²) >= 11 is 0. The third kappa shape index (κ3) is 7.13. The van der Waals surface area contributed by atoms with Crippen LogP contribution in [-0.2, 0) is 9.47 Å². The summed E-state index contributed by atoms with van der Waals surface area (Å²) in [6.45, 7) is 2.47. The van der Waals surface area contributed by atoms with Crippen LogP contribution in [0.2, 0.25) is 0 Å². The van der Waals surface area contributed by atoms with Gasteiger partial charge in [-0.3, -0.25) is 0 Å². The second kappa shape index (κ2) is 8.76. The predicted octanol–water partition coefficient (Wildman–Crippen LogP) is 2.75. The van der Waals surface area contributed by atoms with Gasteiger partial charge in [0, 0.05) is 19.8 Å². The first kappa shape index (κ1) is 16.7. The summed E-state index contributed by atoms with van der Waals surface area (Å²) in [7, 11) is 1.62. The maximum Gasteiger partial charge on any atom is 0.391 e. The van der Waals surface area contributed by atoms with Crippen molar-refractivity contribution in [3.8, 4) is 0 Å². The fourth-order valence-corrected chi connectivity index (χ4v) is 2.40. The predicted molar refractivity (Wildman–Crippen MR) is 67.1 cm³/mol. The van der Waals surface area contributed by atoms with E-state index >= 15 is 0 Å². The topological polar surface area (TPSA) is 30.5 Å². The van der Waals surface area contributed by atoms with Gasteiger partial charge in [0.25, 0.3) is 0 Å². The summed E-state index contributed by atoms with van der Waals surface area (Å²) in [4.78, 5) is 0. The van der Waals surface area contributed by atoms with E-state index in [1.54, 1.807) is 7.11 Å². The van der Waals surface area contributed by atoms with Crippen molar-refractivity contribution in [3.05, 3.63) is 0 Å². The maximum absolute atomic E-state index is 12.6. The van der Waals surface area contributed by atoms with Gasteiger partial charge in [-0.15, -0.1) is 0 Å². The van der Waals surface area contributed by atoms with Crippen LogP contribution in [0.4, 0.5) is 13.2 Å². The van der Waals surface area contributed by atoms with Gasteiger partial charge in [-0.05, 0) is 32.2 Å². The SMILES string of the molecule is COCCOCCCNC1CCCC(C(F)(F)F)C1. The highest BCUT2D eigenvalue weighted by molar-refractivity contribution is 4.81. The zero-order valence-electron chi connectivity index (χ0n) is 11.5. The quantitative estimate of drug-likeness (QED) is 0.695. The third-order valence-corrected chi connectivity index (χ3v) is 3.47. The van der Waals surface area contributed by atoms with Crippen molar-refractivity contribution in [2.24, 2.45) is 5.92 Å². The Morgan fingerprint density at radius 1 is 1.16 bits per heavy atom. The first-order valence-corrected chi connectivity index (χ1v) is 6.91. The van der Waals surface area contributed by atoms with Gasteiger partial charge in [0.1, 0.15) is 0 Å². The molecule has 1 N–H and O–H groups in total. The Morgan fingerprint density at radius 2 is 1.95 bits per heavy atom. The lowest BCUT2D eigenvalue weighted by atomic mass is 9.85. The Hall–Kier alpha value is -0.330. The minimum Gasteiger partial charge on any atom is -0.382 e. The van der Waals surface area contributed by atoms with Crippen LogP contribution in [0.15, 0.2) is 0 Å². The van der Waals surface area contributed by atoms with Crippen LogP contribution in [0, 0.1) is 5.92 Å². The number of alkyl halides is 3. The van der Waals surface area contributed by atoms with E-state index in [0.717, 1.165) is 12.8 Å². The minimum absolute atomic E-state index is 0.000602. The van der Waals surface area contributed by atoms with E-state index in [9.17, 15) is 13.2 Å². The molecule has 0 amide bonds. The van der Waals surface area contributed by atoms with Crippen molar-refractivity contribution < 1.29 is 22.6 Å². The lowest BCUT2D eigenvalue weighted by Gasteiger charge is -2.31. The van der Waals surface area contributed by atoms with Gasteiger partial charge >= 0.3 is 6.18 Å². The molecule has 1 aliphatic rings. The Morgan fingerprint density at radius 3 is 2.63 bits per heavy atom. The molecule has 2 atom stereocenters. The van der Waals surface area contributed by atoms with Crippen LogP contribution in [0.1, 0.15) is 32.1 Å². The number of methoxy groups -OCH3 is 1. The zero-order chi connectivity index (χ0) is 14.1. The number of hydrogen-bond acceptors (Lipinski definition) is 3. The van der Waals surface area contributed by atoms with Crippen molar-refractivity contribution >= 4 is 0 Å². The molecule has 2 unspecified atom stereocenters. The molecule has 0 aromatic rings. The Bertz CT molecular complexity index is 236. The van der Waals surface area contributed by atoms with Crippen LogP contribution in [-0.4, -0.2) is 45.7 Å². The van der Waals surface area contributed by atoms with E-state index in [0.29, 0.717) is 32.8 Å². The molecular formula is C13H24F3NO2. The molecule has 1 fully saturated rings. The van der Waals surface area contributed by atoms with Gasteiger partial charge in [0.2, 0.25) is 0 Å². The van der Waals surface area contributed by atoms with E-state index in [1.165, 1.54) is 0 Å². The highest BCUT2D eigenvalue weighted by atomic mass is 19.4. The molecule has 0 bridgehead atoms. The van der Waals surface area contributed by atoms with Crippen LogP contribution in [0.5, 0.6) is 0 Å². The first-order valence-electron chi connectivity index (χ1n) is 6.91. The van der Waals surface area contributed by atoms with E-state index in [-0.39, 0.29) is 18.9 Å². The molecule has 1 aliphatic carbocycles. The van der Waals surface area contributed by atoms with Gasteiger partial charge in [0.05, 0.1) is 19.1 Å². The fraction of sp³-hybridized carbons (Fsp3) is 1.00. The number of rotatable bonds is 8. The molecule has 0 heterocycles. The van der Waals surface area contributed by atoms with E-state index in [2.05, 4.69) is 5.32 Å². The second-order valence-corrected chi connectivity index (χ2v) is 5.01.